The quantitative estimate of drug-likeness (QED) is 0.716. The van der Waals surface area contributed by atoms with Crippen molar-refractivity contribution in [3.8, 4) is 0 Å². The van der Waals surface area contributed by atoms with Gasteiger partial charge in [-0.05, 0) is 44.4 Å². The van der Waals surface area contributed by atoms with Crippen molar-refractivity contribution >= 4 is 16.8 Å². The maximum absolute atomic E-state index is 12.6. The van der Waals surface area contributed by atoms with Crippen LogP contribution in [0.5, 0.6) is 0 Å². The number of amides is 1. The van der Waals surface area contributed by atoms with E-state index in [0.29, 0.717) is 30.7 Å². The summed E-state index contributed by atoms with van der Waals surface area (Å²) in [6.07, 6.45) is 2.14. The number of carbonyl (C=O) groups excluding carboxylic acids is 1. The molecule has 0 spiro atoms. The molecule has 25 heavy (non-hydrogen) atoms. The zero-order chi connectivity index (χ0) is 18.0. The van der Waals surface area contributed by atoms with Gasteiger partial charge >= 0.3 is 0 Å². The zero-order valence-corrected chi connectivity index (χ0v) is 15.3. The van der Waals surface area contributed by atoms with Crippen LogP contribution >= 0.6 is 0 Å². The van der Waals surface area contributed by atoms with Gasteiger partial charge < -0.3 is 14.8 Å². The highest BCUT2D eigenvalue weighted by Crippen LogP contribution is 2.23. The molecule has 0 atom stereocenters. The van der Waals surface area contributed by atoms with Crippen molar-refractivity contribution in [1.82, 2.24) is 15.5 Å². The Morgan fingerprint density at radius 1 is 1.24 bits per heavy atom. The largest absolute Gasteiger partial charge is 0.360 e. The molecule has 3 rings (SSSR count). The van der Waals surface area contributed by atoms with Crippen molar-refractivity contribution < 1.29 is 9.32 Å². The fraction of sp³-hybridized carbons (Fsp3) is 0.400. The first-order chi connectivity index (χ1) is 12.0. The van der Waals surface area contributed by atoms with Crippen molar-refractivity contribution in [2.45, 2.75) is 47.0 Å². The standard InChI is InChI=1S/C20H25N3O2/c1-5-16-19(18(6-2)25-23-16)20(24)21-10-9-14-13(4)22-17-8-7-12(3)11-15(14)17/h7-8,11,22H,5-6,9-10H2,1-4H3,(H,21,24). The lowest BCUT2D eigenvalue weighted by Crippen LogP contribution is -2.27. The number of nitrogens with zero attached hydrogens (tertiary/aromatic N) is 1. The average Bonchev–Trinajstić information content (AvgIpc) is 3.15. The summed E-state index contributed by atoms with van der Waals surface area (Å²) in [6, 6.07) is 6.41. The van der Waals surface area contributed by atoms with Crippen molar-refractivity contribution in [3.63, 3.8) is 0 Å². The molecule has 1 amide bonds. The van der Waals surface area contributed by atoms with Crippen LogP contribution < -0.4 is 5.32 Å². The number of rotatable bonds is 6. The first kappa shape index (κ1) is 17.3. The third-order valence-corrected chi connectivity index (χ3v) is 4.65. The molecule has 132 valence electrons. The van der Waals surface area contributed by atoms with E-state index in [-0.39, 0.29) is 5.91 Å². The number of aryl methyl sites for hydroxylation is 4. The van der Waals surface area contributed by atoms with Gasteiger partial charge in [-0.2, -0.15) is 0 Å². The number of benzene rings is 1. The van der Waals surface area contributed by atoms with Gasteiger partial charge in [0.25, 0.3) is 5.91 Å². The number of hydrogen-bond donors (Lipinski definition) is 2. The number of H-pyrrole nitrogens is 1. The van der Waals surface area contributed by atoms with Gasteiger partial charge in [-0.15, -0.1) is 0 Å². The Kier molecular flexibility index (Phi) is 4.93. The normalized spacial score (nSPS) is 11.2. The molecule has 3 aromatic rings. The Bertz CT molecular complexity index is 884. The van der Waals surface area contributed by atoms with E-state index in [0.717, 1.165) is 23.3 Å². The summed E-state index contributed by atoms with van der Waals surface area (Å²) in [4.78, 5) is 16.0. The summed E-state index contributed by atoms with van der Waals surface area (Å²) in [7, 11) is 0. The molecule has 0 aliphatic heterocycles. The average molecular weight is 339 g/mol. The Hall–Kier alpha value is -2.56. The van der Waals surface area contributed by atoms with Crippen LogP contribution in [-0.4, -0.2) is 22.6 Å². The van der Waals surface area contributed by atoms with Crippen LogP contribution in [0.25, 0.3) is 10.9 Å². The highest BCUT2D eigenvalue weighted by atomic mass is 16.5. The lowest BCUT2D eigenvalue weighted by molar-refractivity contribution is 0.0951. The summed E-state index contributed by atoms with van der Waals surface area (Å²) in [5.74, 6) is 0.567. The Balaban J connectivity index is 1.73. The Morgan fingerprint density at radius 3 is 2.76 bits per heavy atom. The molecule has 0 radical (unpaired) electrons. The summed E-state index contributed by atoms with van der Waals surface area (Å²) in [5, 5.41) is 8.27. The van der Waals surface area contributed by atoms with Gasteiger partial charge in [0.05, 0.1) is 5.69 Å². The minimum atomic E-state index is -0.0939. The topological polar surface area (TPSA) is 70.9 Å². The summed E-state index contributed by atoms with van der Waals surface area (Å²) >= 11 is 0. The molecule has 2 heterocycles. The SMILES string of the molecule is CCc1noc(CC)c1C(=O)NCCc1c(C)[nH]c2ccc(C)cc12. The van der Waals surface area contributed by atoms with Crippen LogP contribution in [0.4, 0.5) is 0 Å². The molecular formula is C20H25N3O2. The van der Waals surface area contributed by atoms with Crippen LogP contribution in [0.2, 0.25) is 0 Å². The van der Waals surface area contributed by atoms with Gasteiger partial charge in [-0.25, -0.2) is 0 Å². The van der Waals surface area contributed by atoms with E-state index in [4.69, 9.17) is 4.52 Å². The monoisotopic (exact) mass is 339 g/mol. The van der Waals surface area contributed by atoms with Crippen molar-refractivity contribution in [1.29, 1.82) is 0 Å². The van der Waals surface area contributed by atoms with E-state index in [9.17, 15) is 4.79 Å². The van der Waals surface area contributed by atoms with Crippen LogP contribution in [0.15, 0.2) is 22.7 Å². The fourth-order valence-corrected chi connectivity index (χ4v) is 3.31. The number of hydrogen-bond acceptors (Lipinski definition) is 3. The van der Waals surface area contributed by atoms with E-state index in [2.05, 4.69) is 47.5 Å². The van der Waals surface area contributed by atoms with E-state index >= 15 is 0 Å². The predicted molar refractivity (Wildman–Crippen MR) is 99.1 cm³/mol. The van der Waals surface area contributed by atoms with E-state index in [1.54, 1.807) is 0 Å². The van der Waals surface area contributed by atoms with Gasteiger partial charge in [-0.1, -0.05) is 30.6 Å². The zero-order valence-electron chi connectivity index (χ0n) is 15.3. The number of carbonyl (C=O) groups is 1. The number of aromatic nitrogens is 2. The van der Waals surface area contributed by atoms with Gasteiger partial charge in [0.1, 0.15) is 11.3 Å². The second-order valence-electron chi connectivity index (χ2n) is 6.42. The summed E-state index contributed by atoms with van der Waals surface area (Å²) in [5.41, 5.74) is 6.13. The Labute approximate surface area is 147 Å². The van der Waals surface area contributed by atoms with Crippen LogP contribution in [0, 0.1) is 13.8 Å². The molecule has 0 aliphatic carbocycles. The van der Waals surface area contributed by atoms with Crippen LogP contribution in [0.3, 0.4) is 0 Å². The van der Waals surface area contributed by atoms with Crippen molar-refractivity contribution in [2.24, 2.45) is 0 Å². The fourth-order valence-electron chi connectivity index (χ4n) is 3.31. The van der Waals surface area contributed by atoms with Crippen LogP contribution in [0.1, 0.15) is 52.5 Å². The molecule has 0 bridgehead atoms. The van der Waals surface area contributed by atoms with Gasteiger partial charge in [-0.3, -0.25) is 4.79 Å². The number of fused-ring (bicyclic) bond motifs is 1. The Morgan fingerprint density at radius 2 is 2.04 bits per heavy atom. The highest BCUT2D eigenvalue weighted by Gasteiger charge is 2.20. The minimum absolute atomic E-state index is 0.0939. The molecule has 2 N–H and O–H groups in total. The van der Waals surface area contributed by atoms with E-state index in [1.165, 1.54) is 16.5 Å². The first-order valence-corrected chi connectivity index (χ1v) is 8.88. The van der Waals surface area contributed by atoms with E-state index in [1.807, 2.05) is 13.8 Å². The molecule has 1 aromatic carbocycles. The number of nitrogens with one attached hydrogen (secondary N) is 2. The molecule has 0 unspecified atom stereocenters. The molecule has 0 fully saturated rings. The van der Waals surface area contributed by atoms with Gasteiger partial charge in [0.2, 0.25) is 0 Å². The molecule has 0 saturated carbocycles. The van der Waals surface area contributed by atoms with Crippen LogP contribution in [-0.2, 0) is 19.3 Å². The molecule has 5 nitrogen and oxygen atoms in total. The second-order valence-corrected chi connectivity index (χ2v) is 6.42. The lowest BCUT2D eigenvalue weighted by atomic mass is 10.1. The minimum Gasteiger partial charge on any atom is -0.360 e. The maximum atomic E-state index is 12.6. The second kappa shape index (κ2) is 7.13. The molecular weight excluding hydrogens is 314 g/mol. The smallest absolute Gasteiger partial charge is 0.256 e. The third-order valence-electron chi connectivity index (χ3n) is 4.65. The van der Waals surface area contributed by atoms with Gasteiger partial charge in [0.15, 0.2) is 0 Å². The molecule has 0 aliphatic rings. The summed E-state index contributed by atoms with van der Waals surface area (Å²) < 4.78 is 5.28. The molecule has 5 heteroatoms. The van der Waals surface area contributed by atoms with Gasteiger partial charge in [0, 0.05) is 29.6 Å². The molecule has 2 aromatic heterocycles. The van der Waals surface area contributed by atoms with Crippen molar-refractivity contribution in [3.05, 3.63) is 52.0 Å². The van der Waals surface area contributed by atoms with E-state index < -0.39 is 0 Å². The highest BCUT2D eigenvalue weighted by molar-refractivity contribution is 5.96. The molecule has 0 saturated heterocycles. The maximum Gasteiger partial charge on any atom is 0.256 e. The first-order valence-electron chi connectivity index (χ1n) is 8.88. The predicted octanol–water partition coefficient (Wildman–Crippen LogP) is 3.87. The lowest BCUT2D eigenvalue weighted by Gasteiger charge is -2.06. The third kappa shape index (κ3) is 3.31. The summed E-state index contributed by atoms with van der Waals surface area (Å²) in [6.45, 7) is 8.70. The number of aromatic amines is 1. The van der Waals surface area contributed by atoms with Crippen molar-refractivity contribution in [2.75, 3.05) is 6.54 Å².